The zero-order valence-corrected chi connectivity index (χ0v) is 14.8. The van der Waals surface area contributed by atoms with E-state index in [9.17, 15) is 9.59 Å². The Bertz CT molecular complexity index is 814. The van der Waals surface area contributed by atoms with Crippen LogP contribution in [0.15, 0.2) is 10.9 Å². The second kappa shape index (κ2) is 6.30. The number of nitrogens with one attached hydrogen (secondary N) is 1. The van der Waals surface area contributed by atoms with Crippen molar-refractivity contribution in [3.8, 4) is 0 Å². The maximum atomic E-state index is 12.8. The molecule has 3 heterocycles. The van der Waals surface area contributed by atoms with Crippen LogP contribution in [0.4, 0.5) is 0 Å². The topological polar surface area (TPSA) is 75.9 Å². The van der Waals surface area contributed by atoms with Gasteiger partial charge >= 0.3 is 5.69 Å². The lowest BCUT2D eigenvalue weighted by Gasteiger charge is -2.32. The second-order valence-corrected chi connectivity index (χ2v) is 6.61. The summed E-state index contributed by atoms with van der Waals surface area (Å²) in [7, 11) is 1.68. The van der Waals surface area contributed by atoms with Crippen LogP contribution in [0.25, 0.3) is 0 Å². The lowest BCUT2D eigenvalue weighted by atomic mass is 9.96. The van der Waals surface area contributed by atoms with Gasteiger partial charge in [0, 0.05) is 38.3 Å². The fourth-order valence-corrected chi connectivity index (χ4v) is 3.60. The zero-order valence-electron chi connectivity index (χ0n) is 14.8. The van der Waals surface area contributed by atoms with E-state index in [2.05, 4.69) is 10.1 Å². The van der Waals surface area contributed by atoms with Crippen molar-refractivity contribution < 1.29 is 4.79 Å². The fourth-order valence-electron chi connectivity index (χ4n) is 3.60. The van der Waals surface area contributed by atoms with Crippen LogP contribution in [0.2, 0.25) is 0 Å². The van der Waals surface area contributed by atoms with Crippen molar-refractivity contribution in [3.63, 3.8) is 0 Å². The van der Waals surface area contributed by atoms with Gasteiger partial charge in [-0.25, -0.2) is 9.48 Å². The molecule has 24 heavy (non-hydrogen) atoms. The van der Waals surface area contributed by atoms with Gasteiger partial charge in [-0.15, -0.1) is 0 Å². The van der Waals surface area contributed by atoms with E-state index in [0.29, 0.717) is 18.8 Å². The van der Waals surface area contributed by atoms with Crippen LogP contribution in [-0.2, 0) is 13.6 Å². The minimum absolute atomic E-state index is 0.0339. The number of H-pyrrole nitrogens is 1. The molecule has 1 N–H and O–H groups in total. The third-order valence-electron chi connectivity index (χ3n) is 4.79. The third-order valence-corrected chi connectivity index (χ3v) is 4.79. The molecule has 1 amide bonds. The van der Waals surface area contributed by atoms with E-state index in [1.165, 1.54) is 4.68 Å². The van der Waals surface area contributed by atoms with Crippen molar-refractivity contribution in [1.82, 2.24) is 24.2 Å². The lowest BCUT2D eigenvalue weighted by molar-refractivity contribution is 0.0697. The van der Waals surface area contributed by atoms with Gasteiger partial charge in [-0.05, 0) is 45.2 Å². The molecule has 130 valence electrons. The van der Waals surface area contributed by atoms with Crippen LogP contribution in [0.5, 0.6) is 0 Å². The van der Waals surface area contributed by atoms with E-state index in [1.54, 1.807) is 11.6 Å². The van der Waals surface area contributed by atoms with Crippen molar-refractivity contribution >= 4 is 5.91 Å². The summed E-state index contributed by atoms with van der Waals surface area (Å²) in [6.45, 7) is 7.80. The molecule has 1 aliphatic rings. The molecule has 2 aromatic heterocycles. The van der Waals surface area contributed by atoms with Gasteiger partial charge in [-0.3, -0.25) is 9.36 Å². The number of aromatic amines is 1. The number of hydrogen-bond donors (Lipinski definition) is 1. The molecule has 0 aromatic carbocycles. The first-order valence-corrected chi connectivity index (χ1v) is 8.51. The fraction of sp³-hybridized carbons (Fsp3) is 0.588. The van der Waals surface area contributed by atoms with E-state index in [1.807, 2.05) is 31.7 Å². The van der Waals surface area contributed by atoms with Gasteiger partial charge in [0.05, 0.1) is 0 Å². The normalized spacial score (nSPS) is 18.2. The monoisotopic (exact) mass is 331 g/mol. The summed E-state index contributed by atoms with van der Waals surface area (Å²) in [5.41, 5.74) is 2.55. The number of rotatable bonds is 3. The first-order chi connectivity index (χ1) is 11.4. The molecular weight excluding hydrogens is 306 g/mol. The minimum Gasteiger partial charge on any atom is -0.354 e. The highest BCUT2D eigenvalue weighted by Gasteiger charge is 2.30. The number of nitrogens with zero attached hydrogens (tertiary/aromatic N) is 4. The van der Waals surface area contributed by atoms with Crippen molar-refractivity contribution in [3.05, 3.63) is 39.3 Å². The molecule has 1 aliphatic heterocycles. The first-order valence-electron chi connectivity index (χ1n) is 8.51. The number of hydrogen-bond acceptors (Lipinski definition) is 3. The number of carbonyl (C=O) groups excluding carboxylic acids is 1. The highest BCUT2D eigenvalue weighted by atomic mass is 16.2. The van der Waals surface area contributed by atoms with Crippen molar-refractivity contribution in [1.29, 1.82) is 0 Å². The molecule has 7 heteroatoms. The largest absolute Gasteiger partial charge is 0.354 e. The smallest absolute Gasteiger partial charge is 0.345 e. The Kier molecular flexibility index (Phi) is 4.34. The molecule has 1 fully saturated rings. The van der Waals surface area contributed by atoms with Crippen LogP contribution in [-0.4, -0.2) is 43.2 Å². The standard InChI is InChI=1S/C17H25N5O2/c1-5-22-15(19-20(4)17(22)24)13-7-6-8-21(10-13)16(23)14-11(2)9-12(3)18-14/h9,13,18H,5-8,10H2,1-4H3/t13-/m0/s1. The number of amides is 1. The molecule has 7 nitrogen and oxygen atoms in total. The summed E-state index contributed by atoms with van der Waals surface area (Å²) in [4.78, 5) is 30.0. The predicted molar refractivity (Wildman–Crippen MR) is 91.3 cm³/mol. The van der Waals surface area contributed by atoms with Crippen LogP contribution in [0.1, 0.15) is 53.3 Å². The Hall–Kier alpha value is -2.31. The van der Waals surface area contributed by atoms with Crippen LogP contribution >= 0.6 is 0 Å². The van der Waals surface area contributed by atoms with Gasteiger partial charge in [0.25, 0.3) is 5.91 Å². The van der Waals surface area contributed by atoms with E-state index >= 15 is 0 Å². The maximum Gasteiger partial charge on any atom is 0.345 e. The first kappa shape index (κ1) is 16.5. The van der Waals surface area contributed by atoms with Gasteiger partial charge < -0.3 is 9.88 Å². The van der Waals surface area contributed by atoms with E-state index in [0.717, 1.165) is 36.5 Å². The summed E-state index contributed by atoms with van der Waals surface area (Å²) in [6, 6.07) is 1.99. The van der Waals surface area contributed by atoms with Gasteiger partial charge in [0.2, 0.25) is 0 Å². The molecule has 0 saturated carbocycles. The number of aryl methyl sites for hydroxylation is 3. The Morgan fingerprint density at radius 2 is 2.17 bits per heavy atom. The molecule has 0 bridgehead atoms. The summed E-state index contributed by atoms with van der Waals surface area (Å²) >= 11 is 0. The number of piperidine rings is 1. The van der Waals surface area contributed by atoms with Crippen molar-refractivity contribution in [2.75, 3.05) is 13.1 Å². The number of carbonyl (C=O) groups is 1. The third kappa shape index (κ3) is 2.79. The molecule has 1 atom stereocenters. The summed E-state index contributed by atoms with van der Waals surface area (Å²) in [5.74, 6) is 0.932. The van der Waals surface area contributed by atoms with Crippen molar-refractivity contribution in [2.45, 2.75) is 46.1 Å². The SMILES string of the molecule is CCn1c([C@H]2CCCN(C(=O)c3[nH]c(C)cc3C)C2)nn(C)c1=O. The Balaban J connectivity index is 1.85. The molecule has 2 aromatic rings. The lowest BCUT2D eigenvalue weighted by Crippen LogP contribution is -2.40. The number of likely N-dealkylation sites (tertiary alicyclic amines) is 1. The number of aromatic nitrogens is 4. The molecule has 0 unspecified atom stereocenters. The summed E-state index contributed by atoms with van der Waals surface area (Å²) < 4.78 is 3.10. The van der Waals surface area contributed by atoms with E-state index in [4.69, 9.17) is 0 Å². The average molecular weight is 331 g/mol. The van der Waals surface area contributed by atoms with Crippen LogP contribution in [0.3, 0.4) is 0 Å². The Morgan fingerprint density at radius 1 is 1.42 bits per heavy atom. The molecule has 0 spiro atoms. The molecule has 1 saturated heterocycles. The molecular formula is C17H25N5O2. The Labute approximate surface area is 141 Å². The molecule has 0 aliphatic carbocycles. The minimum atomic E-state index is -0.0909. The maximum absolute atomic E-state index is 12.8. The van der Waals surface area contributed by atoms with E-state index < -0.39 is 0 Å². The van der Waals surface area contributed by atoms with Gasteiger partial charge in [0.15, 0.2) is 0 Å². The average Bonchev–Trinajstić information content (AvgIpc) is 3.06. The highest BCUT2D eigenvalue weighted by molar-refractivity contribution is 5.94. The summed E-state index contributed by atoms with van der Waals surface area (Å²) in [6.07, 6.45) is 1.87. The van der Waals surface area contributed by atoms with Gasteiger partial charge in [0.1, 0.15) is 11.5 Å². The Morgan fingerprint density at radius 3 is 2.79 bits per heavy atom. The van der Waals surface area contributed by atoms with Gasteiger partial charge in [-0.1, -0.05) is 0 Å². The quantitative estimate of drug-likeness (QED) is 0.927. The zero-order chi connectivity index (χ0) is 17.4. The highest BCUT2D eigenvalue weighted by Crippen LogP contribution is 2.26. The van der Waals surface area contributed by atoms with E-state index in [-0.39, 0.29) is 17.5 Å². The second-order valence-electron chi connectivity index (χ2n) is 6.61. The van der Waals surface area contributed by atoms with Gasteiger partial charge in [-0.2, -0.15) is 5.10 Å². The molecule has 3 rings (SSSR count). The van der Waals surface area contributed by atoms with Crippen LogP contribution < -0.4 is 5.69 Å². The molecule has 0 radical (unpaired) electrons. The van der Waals surface area contributed by atoms with Crippen LogP contribution in [0, 0.1) is 13.8 Å². The summed E-state index contributed by atoms with van der Waals surface area (Å²) in [5, 5.41) is 4.41. The predicted octanol–water partition coefficient (Wildman–Crippen LogP) is 1.57. The van der Waals surface area contributed by atoms with Crippen molar-refractivity contribution in [2.24, 2.45) is 7.05 Å².